The molecule has 6 nitrogen and oxygen atoms in total. The topological polar surface area (TPSA) is 71.3 Å². The Morgan fingerprint density at radius 2 is 1.79 bits per heavy atom. The number of rotatable bonds is 8. The van der Waals surface area contributed by atoms with Crippen molar-refractivity contribution in [2.24, 2.45) is 0 Å². The number of aromatic nitrogens is 2. The number of carbonyl (C=O) groups excluding carboxylic acids is 1. The molecule has 0 aliphatic heterocycles. The summed E-state index contributed by atoms with van der Waals surface area (Å²) in [5, 5.41) is 6.77. The Balaban J connectivity index is 1.48. The number of aryl methyl sites for hydroxylation is 1. The number of amides is 1. The van der Waals surface area contributed by atoms with Crippen LogP contribution in [0.5, 0.6) is 0 Å². The van der Waals surface area contributed by atoms with Crippen LogP contribution < -0.4 is 5.32 Å². The highest BCUT2D eigenvalue weighted by Crippen LogP contribution is 2.29. The summed E-state index contributed by atoms with van der Waals surface area (Å²) in [6.07, 6.45) is 0.726. The first-order valence-electron chi connectivity index (χ1n) is 8.85. The second-order valence-electron chi connectivity index (χ2n) is 6.26. The van der Waals surface area contributed by atoms with Gasteiger partial charge in [0.25, 0.3) is 0 Å². The Morgan fingerprint density at radius 3 is 2.39 bits per heavy atom. The number of hydrogen-bond acceptors (Lipinski definition) is 6. The fraction of sp³-hybridized carbons (Fsp3) is 0.250. The minimum atomic E-state index is -0.0916. The quantitative estimate of drug-likeness (QED) is 0.528. The van der Waals surface area contributed by atoms with E-state index in [4.69, 9.17) is 4.52 Å². The SMILES string of the molecule is CCc1noc(CN(C)CC(=O)Nc2ccc(Sc3ccc(Br)cc3)cc2)n1. The molecule has 3 rings (SSSR count). The van der Waals surface area contributed by atoms with Crippen LogP contribution in [0.15, 0.2) is 67.3 Å². The molecule has 1 heterocycles. The maximum absolute atomic E-state index is 12.3. The molecule has 0 bridgehead atoms. The van der Waals surface area contributed by atoms with Crippen molar-refractivity contribution in [3.05, 3.63) is 64.7 Å². The molecular weight excluding hydrogens is 440 g/mol. The molecule has 0 unspecified atom stereocenters. The minimum absolute atomic E-state index is 0.0916. The number of nitrogens with zero attached hydrogens (tertiary/aromatic N) is 3. The Hall–Kier alpha value is -2.16. The monoisotopic (exact) mass is 460 g/mol. The fourth-order valence-electron chi connectivity index (χ4n) is 2.48. The number of carbonyl (C=O) groups is 1. The molecule has 3 aromatic rings. The van der Waals surface area contributed by atoms with Gasteiger partial charge in [0.1, 0.15) is 0 Å². The van der Waals surface area contributed by atoms with Gasteiger partial charge in [-0.1, -0.05) is 39.8 Å². The molecular formula is C20H21BrN4O2S. The standard InChI is InChI=1S/C20H21BrN4O2S/c1-3-18-23-20(27-24-18)13-25(2)12-19(26)22-15-6-10-17(11-7-15)28-16-8-4-14(21)5-9-16/h4-11H,3,12-13H2,1-2H3,(H,22,26). The van der Waals surface area contributed by atoms with E-state index in [1.54, 1.807) is 11.8 Å². The number of nitrogens with one attached hydrogen (secondary N) is 1. The third kappa shape index (κ3) is 6.19. The normalized spacial score (nSPS) is 11.0. The lowest BCUT2D eigenvalue weighted by atomic mass is 10.3. The predicted octanol–water partition coefficient (Wildman–Crippen LogP) is 4.62. The largest absolute Gasteiger partial charge is 0.338 e. The van der Waals surface area contributed by atoms with E-state index in [1.807, 2.05) is 55.3 Å². The maximum Gasteiger partial charge on any atom is 0.240 e. The van der Waals surface area contributed by atoms with Gasteiger partial charge in [0, 0.05) is 26.4 Å². The number of hydrogen-bond donors (Lipinski definition) is 1. The molecule has 0 saturated heterocycles. The summed E-state index contributed by atoms with van der Waals surface area (Å²) in [5.41, 5.74) is 0.768. The molecule has 2 aromatic carbocycles. The molecule has 1 amide bonds. The van der Waals surface area contributed by atoms with Crippen LogP contribution in [0.4, 0.5) is 5.69 Å². The van der Waals surface area contributed by atoms with Crippen molar-refractivity contribution in [3.63, 3.8) is 0 Å². The molecule has 1 aromatic heterocycles. The van der Waals surface area contributed by atoms with Gasteiger partial charge in [0.05, 0.1) is 13.1 Å². The summed E-state index contributed by atoms with van der Waals surface area (Å²) >= 11 is 5.11. The molecule has 0 aliphatic carbocycles. The van der Waals surface area contributed by atoms with Gasteiger partial charge in [-0.25, -0.2) is 0 Å². The van der Waals surface area contributed by atoms with Crippen molar-refractivity contribution in [1.29, 1.82) is 0 Å². The van der Waals surface area contributed by atoms with Crippen molar-refractivity contribution in [3.8, 4) is 0 Å². The molecule has 0 saturated carbocycles. The van der Waals surface area contributed by atoms with E-state index in [0.717, 1.165) is 26.4 Å². The third-order valence-corrected chi connectivity index (χ3v) is 5.38. The second-order valence-corrected chi connectivity index (χ2v) is 8.32. The molecule has 0 aliphatic rings. The Kier molecular flexibility index (Phi) is 7.24. The average Bonchev–Trinajstić information content (AvgIpc) is 3.12. The number of anilines is 1. The van der Waals surface area contributed by atoms with E-state index < -0.39 is 0 Å². The zero-order chi connectivity index (χ0) is 19.9. The summed E-state index contributed by atoms with van der Waals surface area (Å²) in [5.74, 6) is 1.10. The van der Waals surface area contributed by atoms with Gasteiger partial charge in [0.2, 0.25) is 11.8 Å². The summed E-state index contributed by atoms with van der Waals surface area (Å²) in [6.45, 7) is 2.64. The predicted molar refractivity (Wildman–Crippen MR) is 113 cm³/mol. The van der Waals surface area contributed by atoms with Gasteiger partial charge in [-0.3, -0.25) is 9.69 Å². The minimum Gasteiger partial charge on any atom is -0.338 e. The molecule has 0 atom stereocenters. The smallest absolute Gasteiger partial charge is 0.240 e. The van der Waals surface area contributed by atoms with Crippen LogP contribution in [0, 0.1) is 0 Å². The zero-order valence-electron chi connectivity index (χ0n) is 15.7. The van der Waals surface area contributed by atoms with E-state index >= 15 is 0 Å². The summed E-state index contributed by atoms with van der Waals surface area (Å²) in [7, 11) is 1.84. The molecule has 146 valence electrons. The van der Waals surface area contributed by atoms with E-state index in [2.05, 4.69) is 43.5 Å². The lowest BCUT2D eigenvalue weighted by Crippen LogP contribution is -2.29. The highest BCUT2D eigenvalue weighted by atomic mass is 79.9. The third-order valence-electron chi connectivity index (χ3n) is 3.83. The highest BCUT2D eigenvalue weighted by Gasteiger charge is 2.12. The van der Waals surface area contributed by atoms with E-state index in [1.165, 1.54) is 0 Å². The average molecular weight is 461 g/mol. The highest BCUT2D eigenvalue weighted by molar-refractivity contribution is 9.10. The molecule has 0 spiro atoms. The first kappa shape index (κ1) is 20.6. The van der Waals surface area contributed by atoms with Gasteiger partial charge in [-0.05, 0) is 55.6 Å². The fourth-order valence-corrected chi connectivity index (χ4v) is 3.56. The number of likely N-dealkylation sites (N-methyl/N-ethyl adjacent to an activating group) is 1. The van der Waals surface area contributed by atoms with E-state index in [-0.39, 0.29) is 12.5 Å². The Labute approximate surface area is 176 Å². The van der Waals surface area contributed by atoms with Crippen LogP contribution in [0.3, 0.4) is 0 Å². The number of halogens is 1. The van der Waals surface area contributed by atoms with Crippen LogP contribution in [0.2, 0.25) is 0 Å². The zero-order valence-corrected chi connectivity index (χ0v) is 18.1. The van der Waals surface area contributed by atoms with Crippen molar-refractivity contribution in [2.75, 3.05) is 18.9 Å². The molecule has 28 heavy (non-hydrogen) atoms. The van der Waals surface area contributed by atoms with E-state index in [0.29, 0.717) is 18.3 Å². The van der Waals surface area contributed by atoms with Crippen LogP contribution in [0.1, 0.15) is 18.6 Å². The maximum atomic E-state index is 12.3. The molecule has 0 fully saturated rings. The summed E-state index contributed by atoms with van der Waals surface area (Å²) < 4.78 is 6.22. The first-order chi connectivity index (χ1) is 13.5. The van der Waals surface area contributed by atoms with Crippen molar-refractivity contribution >= 4 is 39.3 Å². The molecule has 0 radical (unpaired) electrons. The van der Waals surface area contributed by atoms with Gasteiger partial charge in [-0.15, -0.1) is 0 Å². The van der Waals surface area contributed by atoms with Gasteiger partial charge < -0.3 is 9.84 Å². The summed E-state index contributed by atoms with van der Waals surface area (Å²) in [6, 6.07) is 16.0. The first-order valence-corrected chi connectivity index (χ1v) is 10.5. The van der Waals surface area contributed by atoms with Gasteiger partial charge >= 0.3 is 0 Å². The Bertz CT molecular complexity index is 913. The van der Waals surface area contributed by atoms with Crippen molar-refractivity contribution in [2.45, 2.75) is 29.7 Å². The van der Waals surface area contributed by atoms with Crippen LogP contribution >= 0.6 is 27.7 Å². The van der Waals surface area contributed by atoms with Crippen LogP contribution in [0.25, 0.3) is 0 Å². The Morgan fingerprint density at radius 1 is 1.14 bits per heavy atom. The second kappa shape index (κ2) is 9.86. The van der Waals surface area contributed by atoms with Crippen molar-refractivity contribution < 1.29 is 9.32 Å². The van der Waals surface area contributed by atoms with Crippen LogP contribution in [-0.4, -0.2) is 34.5 Å². The van der Waals surface area contributed by atoms with Crippen molar-refractivity contribution in [1.82, 2.24) is 15.0 Å². The number of benzene rings is 2. The van der Waals surface area contributed by atoms with Gasteiger partial charge in [0.15, 0.2) is 5.82 Å². The molecule has 8 heteroatoms. The lowest BCUT2D eigenvalue weighted by molar-refractivity contribution is -0.117. The molecule has 1 N–H and O–H groups in total. The van der Waals surface area contributed by atoms with E-state index in [9.17, 15) is 4.79 Å². The van der Waals surface area contributed by atoms with Gasteiger partial charge in [-0.2, -0.15) is 4.98 Å². The summed E-state index contributed by atoms with van der Waals surface area (Å²) in [4.78, 5) is 20.6. The lowest BCUT2D eigenvalue weighted by Gasteiger charge is -2.14. The van der Waals surface area contributed by atoms with Crippen LogP contribution in [-0.2, 0) is 17.8 Å².